The van der Waals surface area contributed by atoms with Crippen molar-refractivity contribution in [3.05, 3.63) is 48.5 Å². The molecule has 0 unspecified atom stereocenters. The number of benzene rings is 2. The highest BCUT2D eigenvalue weighted by molar-refractivity contribution is 8.01. The van der Waals surface area contributed by atoms with E-state index in [0.717, 1.165) is 16.4 Å². The van der Waals surface area contributed by atoms with E-state index in [0.29, 0.717) is 26.1 Å². The average Bonchev–Trinajstić information content (AvgIpc) is 2.70. The van der Waals surface area contributed by atoms with Crippen LogP contribution in [0.25, 0.3) is 0 Å². The molecule has 138 valence electrons. The third-order valence-electron chi connectivity index (χ3n) is 4.25. The Morgan fingerprint density at radius 2 is 1.58 bits per heavy atom. The van der Waals surface area contributed by atoms with Gasteiger partial charge in [-0.3, -0.25) is 10.0 Å². The second kappa shape index (κ2) is 8.81. The lowest BCUT2D eigenvalue weighted by Gasteiger charge is -2.34. The molecule has 2 N–H and O–H groups in total. The summed E-state index contributed by atoms with van der Waals surface area (Å²) in [4.78, 5) is 14.3. The van der Waals surface area contributed by atoms with Crippen molar-refractivity contribution in [1.29, 1.82) is 0 Å². The van der Waals surface area contributed by atoms with Gasteiger partial charge < -0.3 is 9.47 Å². The molecular weight excluding hydrogens is 370 g/mol. The molecule has 5 nitrogen and oxygen atoms in total. The first-order valence-corrected chi connectivity index (χ1v) is 10.3. The molecule has 1 heterocycles. The van der Waals surface area contributed by atoms with E-state index in [1.807, 2.05) is 60.3 Å². The molecule has 1 saturated heterocycles. The fraction of sp³-hybridized carbons (Fsp3) is 0.316. The predicted octanol–water partition coefficient (Wildman–Crippen LogP) is 4.35. The lowest BCUT2D eigenvalue weighted by molar-refractivity contribution is -0.134. The highest BCUT2D eigenvalue weighted by atomic mass is 32.2. The maximum Gasteiger partial charge on any atom is 0.260 e. The number of hydrogen-bond acceptors (Lipinski definition) is 6. The minimum absolute atomic E-state index is 0.375. The SMILES string of the molecule is CSc1ccc(Oc2ccc(SC3(C(=O)NO)CCOCC3)cc2)cc1. The molecule has 0 aromatic heterocycles. The number of hydrogen-bond donors (Lipinski definition) is 2. The van der Waals surface area contributed by atoms with Crippen LogP contribution in [0.15, 0.2) is 58.3 Å². The molecule has 7 heteroatoms. The van der Waals surface area contributed by atoms with E-state index < -0.39 is 4.75 Å². The molecule has 0 spiro atoms. The van der Waals surface area contributed by atoms with Crippen LogP contribution in [0, 0.1) is 0 Å². The van der Waals surface area contributed by atoms with E-state index >= 15 is 0 Å². The Balaban J connectivity index is 1.68. The summed E-state index contributed by atoms with van der Waals surface area (Å²) >= 11 is 3.14. The van der Waals surface area contributed by atoms with Gasteiger partial charge in [0.1, 0.15) is 16.2 Å². The van der Waals surface area contributed by atoms with Gasteiger partial charge in [-0.25, -0.2) is 5.48 Å². The van der Waals surface area contributed by atoms with Crippen molar-refractivity contribution in [3.8, 4) is 11.5 Å². The molecule has 0 bridgehead atoms. The Bertz CT molecular complexity index is 728. The van der Waals surface area contributed by atoms with Crippen molar-refractivity contribution in [3.63, 3.8) is 0 Å². The van der Waals surface area contributed by atoms with Crippen molar-refractivity contribution in [2.45, 2.75) is 27.4 Å². The number of ether oxygens (including phenoxy) is 2. The van der Waals surface area contributed by atoms with Crippen LogP contribution >= 0.6 is 23.5 Å². The molecule has 2 aromatic rings. The van der Waals surface area contributed by atoms with Gasteiger partial charge in [-0.2, -0.15) is 0 Å². The van der Waals surface area contributed by atoms with Crippen LogP contribution in [0.2, 0.25) is 0 Å². The molecular formula is C19H21NO4S2. The fourth-order valence-electron chi connectivity index (χ4n) is 2.76. The molecule has 3 rings (SSSR count). The number of carbonyl (C=O) groups excluding carboxylic acids is 1. The lowest BCUT2D eigenvalue weighted by atomic mass is 9.98. The zero-order chi connectivity index (χ0) is 18.4. The number of nitrogens with one attached hydrogen (secondary N) is 1. The molecule has 26 heavy (non-hydrogen) atoms. The molecule has 0 radical (unpaired) electrons. The summed E-state index contributed by atoms with van der Waals surface area (Å²) in [7, 11) is 0. The highest BCUT2D eigenvalue weighted by Crippen LogP contribution is 2.41. The highest BCUT2D eigenvalue weighted by Gasteiger charge is 2.41. The maximum absolute atomic E-state index is 12.2. The van der Waals surface area contributed by atoms with Crippen molar-refractivity contribution in [1.82, 2.24) is 5.48 Å². The van der Waals surface area contributed by atoms with E-state index in [2.05, 4.69) is 0 Å². The summed E-state index contributed by atoms with van der Waals surface area (Å²) in [6.07, 6.45) is 3.16. The number of rotatable bonds is 6. The van der Waals surface area contributed by atoms with Crippen LogP contribution < -0.4 is 10.2 Å². The minimum Gasteiger partial charge on any atom is -0.457 e. The summed E-state index contributed by atoms with van der Waals surface area (Å²) in [6.45, 7) is 1.02. The van der Waals surface area contributed by atoms with Gasteiger partial charge in [-0.15, -0.1) is 23.5 Å². The van der Waals surface area contributed by atoms with E-state index in [1.54, 1.807) is 11.8 Å². The second-order valence-electron chi connectivity index (χ2n) is 5.90. The Labute approximate surface area is 161 Å². The third kappa shape index (κ3) is 4.54. The molecule has 0 saturated carbocycles. The largest absolute Gasteiger partial charge is 0.457 e. The van der Waals surface area contributed by atoms with E-state index in [1.165, 1.54) is 16.7 Å². The summed E-state index contributed by atoms with van der Waals surface area (Å²) in [5, 5.41) is 9.10. The zero-order valence-corrected chi connectivity index (χ0v) is 16.1. The molecule has 0 atom stereocenters. The predicted molar refractivity (Wildman–Crippen MR) is 103 cm³/mol. The average molecular weight is 392 g/mol. The first-order valence-electron chi connectivity index (χ1n) is 8.28. The van der Waals surface area contributed by atoms with Crippen molar-refractivity contribution >= 4 is 29.4 Å². The second-order valence-corrected chi connectivity index (χ2v) is 8.24. The van der Waals surface area contributed by atoms with Gasteiger partial charge in [0, 0.05) is 23.0 Å². The van der Waals surface area contributed by atoms with Crippen molar-refractivity contribution in [2.24, 2.45) is 0 Å². The number of carbonyl (C=O) groups is 1. The monoisotopic (exact) mass is 391 g/mol. The zero-order valence-electron chi connectivity index (χ0n) is 14.4. The third-order valence-corrected chi connectivity index (χ3v) is 6.48. The van der Waals surface area contributed by atoms with Gasteiger partial charge in [0.2, 0.25) is 0 Å². The number of thioether (sulfide) groups is 2. The first kappa shape index (κ1) is 19.1. The van der Waals surface area contributed by atoms with Crippen molar-refractivity contribution < 1.29 is 19.5 Å². The number of amides is 1. The van der Waals surface area contributed by atoms with Crippen molar-refractivity contribution in [2.75, 3.05) is 19.5 Å². The van der Waals surface area contributed by atoms with Gasteiger partial charge in [0.15, 0.2) is 0 Å². The quantitative estimate of drug-likeness (QED) is 0.434. The topological polar surface area (TPSA) is 67.8 Å². The summed E-state index contributed by atoms with van der Waals surface area (Å²) < 4.78 is 10.5. The molecule has 0 aliphatic carbocycles. The minimum atomic E-state index is -0.705. The van der Waals surface area contributed by atoms with Gasteiger partial charge in [0.05, 0.1) is 0 Å². The van der Waals surface area contributed by atoms with Crippen LogP contribution in [-0.4, -0.2) is 35.3 Å². The molecule has 1 amide bonds. The smallest absolute Gasteiger partial charge is 0.260 e. The Hall–Kier alpha value is -1.67. The van der Waals surface area contributed by atoms with Crippen LogP contribution in [0.3, 0.4) is 0 Å². The van der Waals surface area contributed by atoms with Crippen LogP contribution in [0.1, 0.15) is 12.8 Å². The maximum atomic E-state index is 12.2. The fourth-order valence-corrected chi connectivity index (χ4v) is 4.40. The number of hydroxylamine groups is 1. The molecule has 1 aliphatic heterocycles. The first-order chi connectivity index (χ1) is 12.6. The van der Waals surface area contributed by atoms with Crippen LogP contribution in [0.4, 0.5) is 0 Å². The lowest BCUT2D eigenvalue weighted by Crippen LogP contribution is -2.46. The van der Waals surface area contributed by atoms with E-state index in [4.69, 9.17) is 14.7 Å². The van der Waals surface area contributed by atoms with Gasteiger partial charge in [0.25, 0.3) is 5.91 Å². The van der Waals surface area contributed by atoms with Crippen LogP contribution in [-0.2, 0) is 9.53 Å². The summed E-state index contributed by atoms with van der Waals surface area (Å²) in [5.41, 5.74) is 1.81. The van der Waals surface area contributed by atoms with Crippen LogP contribution in [0.5, 0.6) is 11.5 Å². The Morgan fingerprint density at radius 3 is 2.08 bits per heavy atom. The van der Waals surface area contributed by atoms with Gasteiger partial charge >= 0.3 is 0 Å². The Kier molecular flexibility index (Phi) is 6.48. The van der Waals surface area contributed by atoms with E-state index in [-0.39, 0.29) is 5.91 Å². The molecule has 1 aliphatic rings. The summed E-state index contributed by atoms with van der Waals surface area (Å²) in [6, 6.07) is 15.5. The van der Waals surface area contributed by atoms with Gasteiger partial charge in [-0.05, 0) is 67.6 Å². The standard InChI is InChI=1S/C19H21NO4S2/c1-25-16-6-2-14(3-7-16)24-15-4-8-17(9-5-15)26-19(18(21)20-22)10-12-23-13-11-19/h2-9,22H,10-13H2,1H3,(H,20,21). The molecule has 1 fully saturated rings. The molecule has 2 aromatic carbocycles. The van der Waals surface area contributed by atoms with E-state index in [9.17, 15) is 4.79 Å². The normalized spacial score (nSPS) is 16.1. The Morgan fingerprint density at radius 1 is 1.04 bits per heavy atom. The van der Waals surface area contributed by atoms with Gasteiger partial charge in [-0.1, -0.05) is 0 Å². The summed E-state index contributed by atoms with van der Waals surface area (Å²) in [5.74, 6) is 1.14.